The lowest BCUT2D eigenvalue weighted by Crippen LogP contribution is -2.35. The smallest absolute Gasteiger partial charge is 0.210 e. The first-order chi connectivity index (χ1) is 12.7. The van der Waals surface area contributed by atoms with Crippen LogP contribution in [0.25, 0.3) is 6.08 Å². The van der Waals surface area contributed by atoms with Crippen molar-refractivity contribution < 1.29 is 4.58 Å². The lowest BCUT2D eigenvalue weighted by molar-refractivity contribution is -0.517. The zero-order valence-electron chi connectivity index (χ0n) is 17.5. The molecule has 0 bridgehead atoms. The summed E-state index contributed by atoms with van der Waals surface area (Å²) in [5.41, 5.74) is 12.1. The Hall–Kier alpha value is -2.39. The average Bonchev–Trinajstić information content (AvgIpc) is 2.87. The van der Waals surface area contributed by atoms with Crippen molar-refractivity contribution in [1.82, 2.24) is 0 Å². The van der Waals surface area contributed by atoms with Crippen molar-refractivity contribution in [2.75, 3.05) is 18.6 Å². The van der Waals surface area contributed by atoms with Crippen molar-refractivity contribution >= 4 is 23.2 Å². The van der Waals surface area contributed by atoms with E-state index >= 15 is 0 Å². The number of para-hydroxylation sites is 1. The second-order valence-electron chi connectivity index (χ2n) is 8.84. The van der Waals surface area contributed by atoms with E-state index in [1.165, 1.54) is 22.5 Å². The highest BCUT2D eigenvalue weighted by molar-refractivity contribution is 6.05. The van der Waals surface area contributed by atoms with E-state index in [-0.39, 0.29) is 11.0 Å². The normalized spacial score (nSPS) is 16.1. The van der Waals surface area contributed by atoms with Gasteiger partial charge in [0.05, 0.1) is 12.1 Å². The first kappa shape index (κ1) is 19.4. The fourth-order valence-corrected chi connectivity index (χ4v) is 3.87. The molecule has 0 aromatic heterocycles. The minimum atomic E-state index is -0.0277. The molecular weight excluding hydrogens is 330 g/mol. The molecule has 0 radical (unpaired) electrons. The zero-order chi connectivity index (χ0) is 19.8. The third kappa shape index (κ3) is 3.57. The molecule has 1 aliphatic rings. The number of anilines is 1. The second-order valence-corrected chi connectivity index (χ2v) is 8.84. The molecule has 1 heterocycles. The molecular formula is C24H32N3+. The van der Waals surface area contributed by atoms with Crippen LogP contribution in [0, 0.1) is 0 Å². The van der Waals surface area contributed by atoms with Crippen molar-refractivity contribution in [3.63, 3.8) is 0 Å². The van der Waals surface area contributed by atoms with Crippen LogP contribution in [0.2, 0.25) is 0 Å². The molecule has 3 heteroatoms. The topological polar surface area (TPSA) is 32.3 Å². The maximum absolute atomic E-state index is 5.71. The summed E-state index contributed by atoms with van der Waals surface area (Å²) < 4.78 is 2.48. The van der Waals surface area contributed by atoms with E-state index in [1.54, 1.807) is 0 Å². The lowest BCUT2D eigenvalue weighted by atomic mass is 9.81. The Morgan fingerprint density at radius 3 is 2.22 bits per heavy atom. The molecule has 0 saturated carbocycles. The fraction of sp³-hybridized carbons (Fsp3) is 0.375. The summed E-state index contributed by atoms with van der Waals surface area (Å²) in [4.78, 5) is 2.03. The van der Waals surface area contributed by atoms with Gasteiger partial charge in [0.25, 0.3) is 0 Å². The molecule has 0 saturated heterocycles. The summed E-state index contributed by atoms with van der Waals surface area (Å²) in [5, 5.41) is 0. The van der Waals surface area contributed by atoms with Crippen LogP contribution in [0.4, 0.5) is 11.4 Å². The molecule has 2 aromatic carbocycles. The maximum atomic E-state index is 5.71. The van der Waals surface area contributed by atoms with Crippen molar-refractivity contribution in [2.24, 2.45) is 5.73 Å². The van der Waals surface area contributed by atoms with Gasteiger partial charge in [0.1, 0.15) is 0 Å². The van der Waals surface area contributed by atoms with Crippen LogP contribution < -0.4 is 10.6 Å². The van der Waals surface area contributed by atoms with Crippen LogP contribution in [0.1, 0.15) is 45.7 Å². The van der Waals surface area contributed by atoms with Crippen LogP contribution in [0.5, 0.6) is 0 Å². The van der Waals surface area contributed by atoms with Crippen LogP contribution in [0.3, 0.4) is 0 Å². The van der Waals surface area contributed by atoms with Crippen molar-refractivity contribution in [2.45, 2.75) is 45.6 Å². The Morgan fingerprint density at radius 2 is 1.63 bits per heavy atom. The number of rotatable bonds is 4. The minimum absolute atomic E-state index is 0.0112. The minimum Gasteiger partial charge on any atom is -0.362 e. The number of hydrogen-bond acceptors (Lipinski definition) is 2. The number of nitrogens with two attached hydrogens (primary N) is 1. The monoisotopic (exact) mass is 362 g/mol. The first-order valence-electron chi connectivity index (χ1n) is 9.63. The van der Waals surface area contributed by atoms with Crippen LogP contribution in [0.15, 0.2) is 54.6 Å². The summed E-state index contributed by atoms with van der Waals surface area (Å²) in [6, 6.07) is 17.3. The van der Waals surface area contributed by atoms with E-state index in [2.05, 4.69) is 99.9 Å². The highest BCUT2D eigenvalue weighted by Gasteiger charge is 2.47. The summed E-state index contributed by atoms with van der Waals surface area (Å²) in [5.74, 6) is 0. The molecule has 2 aromatic rings. The summed E-state index contributed by atoms with van der Waals surface area (Å²) >= 11 is 0. The Balaban J connectivity index is 2.02. The molecule has 3 nitrogen and oxygen atoms in total. The quantitative estimate of drug-likeness (QED) is 0.618. The predicted molar refractivity (Wildman–Crippen MR) is 117 cm³/mol. The zero-order valence-corrected chi connectivity index (χ0v) is 17.5. The molecule has 0 aliphatic carbocycles. The molecule has 0 atom stereocenters. The fourth-order valence-electron chi connectivity index (χ4n) is 3.87. The van der Waals surface area contributed by atoms with Gasteiger partial charge in [0.2, 0.25) is 5.69 Å². The molecule has 27 heavy (non-hydrogen) atoms. The highest BCUT2D eigenvalue weighted by Crippen LogP contribution is 2.42. The molecule has 0 spiro atoms. The highest BCUT2D eigenvalue weighted by atomic mass is 15.1. The number of benzene rings is 2. The van der Waals surface area contributed by atoms with E-state index in [9.17, 15) is 0 Å². The summed E-state index contributed by atoms with van der Waals surface area (Å²) in [6.07, 6.45) is 4.50. The van der Waals surface area contributed by atoms with Crippen molar-refractivity contribution in [1.29, 1.82) is 0 Å². The lowest BCUT2D eigenvalue weighted by Gasteiger charge is -2.19. The molecule has 3 rings (SSSR count). The van der Waals surface area contributed by atoms with E-state index in [0.29, 0.717) is 6.67 Å². The van der Waals surface area contributed by atoms with Gasteiger partial charge in [-0.25, -0.2) is 0 Å². The van der Waals surface area contributed by atoms with Gasteiger partial charge in [0, 0.05) is 51.2 Å². The molecule has 0 amide bonds. The van der Waals surface area contributed by atoms with Gasteiger partial charge < -0.3 is 10.6 Å². The molecule has 0 unspecified atom stereocenters. The van der Waals surface area contributed by atoms with E-state index in [0.717, 1.165) is 5.69 Å². The van der Waals surface area contributed by atoms with Crippen molar-refractivity contribution in [3.8, 4) is 0 Å². The van der Waals surface area contributed by atoms with Gasteiger partial charge >= 0.3 is 0 Å². The third-order valence-corrected chi connectivity index (χ3v) is 5.41. The van der Waals surface area contributed by atoms with Gasteiger partial charge in [-0.3, -0.25) is 0 Å². The Labute approximate surface area is 163 Å². The van der Waals surface area contributed by atoms with Crippen molar-refractivity contribution in [3.05, 3.63) is 65.7 Å². The Morgan fingerprint density at radius 1 is 1.00 bits per heavy atom. The van der Waals surface area contributed by atoms with Gasteiger partial charge in [-0.1, -0.05) is 30.3 Å². The van der Waals surface area contributed by atoms with Crippen LogP contribution in [-0.2, 0) is 5.41 Å². The van der Waals surface area contributed by atoms with Gasteiger partial charge in [-0.15, -0.1) is 0 Å². The van der Waals surface area contributed by atoms with Gasteiger partial charge in [0.15, 0.2) is 11.3 Å². The van der Waals surface area contributed by atoms with E-state index in [4.69, 9.17) is 5.73 Å². The number of hydrogen-bond donors (Lipinski definition) is 1. The average molecular weight is 363 g/mol. The van der Waals surface area contributed by atoms with Gasteiger partial charge in [-0.2, -0.15) is 4.58 Å². The van der Waals surface area contributed by atoms with E-state index in [1.807, 2.05) is 11.9 Å². The third-order valence-electron chi connectivity index (χ3n) is 5.41. The van der Waals surface area contributed by atoms with Gasteiger partial charge in [-0.05, 0) is 37.6 Å². The first-order valence-corrected chi connectivity index (χ1v) is 9.63. The molecule has 0 fully saturated rings. The summed E-state index contributed by atoms with van der Waals surface area (Å²) in [6.45, 7) is 12.0. The number of fused-ring (bicyclic) bond motifs is 1. The van der Waals surface area contributed by atoms with E-state index < -0.39 is 0 Å². The maximum Gasteiger partial charge on any atom is 0.210 e. The Bertz CT molecular complexity index is 881. The second kappa shape index (κ2) is 6.97. The number of nitrogens with zero attached hydrogens (tertiary/aromatic N) is 2. The number of allylic oxidation sites excluding steroid dienone is 1. The molecule has 142 valence electrons. The Kier molecular flexibility index (Phi) is 5.00. The molecule has 2 N–H and O–H groups in total. The predicted octanol–water partition coefficient (Wildman–Crippen LogP) is 4.93. The van der Waals surface area contributed by atoms with Crippen LogP contribution >= 0.6 is 0 Å². The largest absolute Gasteiger partial charge is 0.362 e. The standard InChI is InChI=1S/C24H32N3/c1-23(2,3)27-21-10-8-7-9-20(21)24(4,5)22(27)16-13-18-11-14-19(15-12-18)26(6)17-25/h7-16H,17,25H2,1-6H3/q+1. The summed E-state index contributed by atoms with van der Waals surface area (Å²) in [7, 11) is 2.00. The molecule has 1 aliphatic heterocycles. The SMILES string of the molecule is CN(CN)c1ccc(C=CC2=[N+](C(C)(C)C)c3ccccc3C2(C)C)cc1. The van der Waals surface area contributed by atoms with Crippen LogP contribution in [-0.4, -0.2) is 29.5 Å².